The monoisotopic (exact) mass is 412 g/mol. The maximum Gasteiger partial charge on any atom is 0.240 e. The van der Waals surface area contributed by atoms with Crippen LogP contribution >= 0.6 is 12.4 Å². The lowest BCUT2D eigenvalue weighted by atomic mass is 10.00. The molecule has 7 heteroatoms. The second-order valence-electron chi connectivity index (χ2n) is 6.81. The molecule has 0 saturated carbocycles. The smallest absolute Gasteiger partial charge is 0.240 e. The molecule has 2 aromatic carbocycles. The van der Waals surface area contributed by atoms with Gasteiger partial charge in [0.1, 0.15) is 5.82 Å². The summed E-state index contributed by atoms with van der Waals surface area (Å²) in [6, 6.07) is 12.4. The van der Waals surface area contributed by atoms with Crippen molar-refractivity contribution < 1.29 is 12.8 Å². The second-order valence-corrected chi connectivity index (χ2v) is 8.54. The van der Waals surface area contributed by atoms with E-state index in [1.54, 1.807) is 6.92 Å². The summed E-state index contributed by atoms with van der Waals surface area (Å²) in [4.78, 5) is 2.43. The number of sulfonamides is 1. The lowest BCUT2D eigenvalue weighted by molar-refractivity contribution is 0.249. The number of halogens is 2. The minimum atomic E-state index is -3.66. The molecule has 1 aliphatic rings. The van der Waals surface area contributed by atoms with Crippen LogP contribution in [-0.2, 0) is 23.0 Å². The number of nitrogens with zero attached hydrogens (tertiary/aromatic N) is 1. The lowest BCUT2D eigenvalue weighted by Crippen LogP contribution is -2.32. The molecule has 0 spiro atoms. The molecule has 3 rings (SSSR count). The van der Waals surface area contributed by atoms with Crippen LogP contribution in [0, 0.1) is 12.7 Å². The van der Waals surface area contributed by atoms with Gasteiger partial charge in [-0.05, 0) is 61.6 Å². The summed E-state index contributed by atoms with van der Waals surface area (Å²) in [5.41, 5.74) is 3.37. The molecule has 2 aromatic rings. The van der Waals surface area contributed by atoms with Gasteiger partial charge in [-0.1, -0.05) is 30.3 Å². The first kappa shape index (κ1) is 21.8. The van der Waals surface area contributed by atoms with Crippen LogP contribution < -0.4 is 4.72 Å². The fourth-order valence-electron chi connectivity index (χ4n) is 3.35. The first-order valence-corrected chi connectivity index (χ1v) is 10.5. The molecule has 148 valence electrons. The summed E-state index contributed by atoms with van der Waals surface area (Å²) >= 11 is 0. The van der Waals surface area contributed by atoms with Gasteiger partial charge < -0.3 is 0 Å². The van der Waals surface area contributed by atoms with Gasteiger partial charge in [0.25, 0.3) is 0 Å². The van der Waals surface area contributed by atoms with Crippen molar-refractivity contribution in [2.45, 2.75) is 37.6 Å². The number of benzene rings is 2. The Labute approximate surface area is 167 Å². The molecule has 0 fully saturated rings. The molecule has 0 radical (unpaired) electrons. The fraction of sp³-hybridized carbons (Fsp3) is 0.400. The number of aryl methyl sites for hydroxylation is 1. The highest BCUT2D eigenvalue weighted by Crippen LogP contribution is 2.19. The minimum absolute atomic E-state index is 0. The Bertz CT molecular complexity index is 874. The molecule has 27 heavy (non-hydrogen) atoms. The Hall–Kier alpha value is -1.47. The van der Waals surface area contributed by atoms with Gasteiger partial charge in [0.15, 0.2) is 0 Å². The Morgan fingerprint density at radius 1 is 1.11 bits per heavy atom. The van der Waals surface area contributed by atoms with E-state index in [4.69, 9.17) is 0 Å². The molecule has 0 unspecified atom stereocenters. The predicted octanol–water partition coefficient (Wildman–Crippen LogP) is 3.67. The third-order valence-corrected chi connectivity index (χ3v) is 6.45. The molecule has 1 heterocycles. The van der Waals surface area contributed by atoms with Gasteiger partial charge in [0.2, 0.25) is 10.0 Å². The van der Waals surface area contributed by atoms with Crippen LogP contribution in [0.1, 0.15) is 29.5 Å². The normalized spacial score (nSPS) is 14.4. The highest BCUT2D eigenvalue weighted by atomic mass is 35.5. The number of fused-ring (bicyclic) bond motifs is 1. The van der Waals surface area contributed by atoms with E-state index in [9.17, 15) is 12.8 Å². The summed E-state index contributed by atoms with van der Waals surface area (Å²) in [6.45, 7) is 5.00. The van der Waals surface area contributed by atoms with Gasteiger partial charge in [-0.15, -0.1) is 12.4 Å². The van der Waals surface area contributed by atoms with Crippen LogP contribution in [0.5, 0.6) is 0 Å². The van der Waals surface area contributed by atoms with E-state index < -0.39 is 15.8 Å². The third-order valence-electron chi connectivity index (χ3n) is 4.84. The summed E-state index contributed by atoms with van der Waals surface area (Å²) in [5.74, 6) is -0.540. The quantitative estimate of drug-likeness (QED) is 0.706. The number of nitrogens with one attached hydrogen (secondary N) is 1. The maximum atomic E-state index is 13.3. The zero-order chi connectivity index (χ0) is 18.6. The number of hydrogen-bond acceptors (Lipinski definition) is 3. The topological polar surface area (TPSA) is 49.4 Å². The molecular formula is C20H26ClFN2O2S. The van der Waals surface area contributed by atoms with Crippen LogP contribution in [0.4, 0.5) is 4.39 Å². The van der Waals surface area contributed by atoms with Crippen molar-refractivity contribution in [1.82, 2.24) is 9.62 Å². The summed E-state index contributed by atoms with van der Waals surface area (Å²) in [5, 5.41) is 0. The standard InChI is InChI=1S/C20H25FN2O2S.ClH/c1-16-8-9-19(21)14-20(16)26(24,25)22-11-4-5-12-23-13-10-17-6-2-3-7-18(17)15-23;/h2-3,6-9,14,22H,4-5,10-13,15H2,1H3;1H. The molecule has 0 atom stereocenters. The van der Waals surface area contributed by atoms with Crippen molar-refractivity contribution in [3.05, 3.63) is 65.0 Å². The highest BCUT2D eigenvalue weighted by Gasteiger charge is 2.18. The molecule has 0 saturated heterocycles. The highest BCUT2D eigenvalue weighted by molar-refractivity contribution is 7.89. The Morgan fingerprint density at radius 3 is 2.63 bits per heavy atom. The van der Waals surface area contributed by atoms with Crippen LogP contribution in [0.3, 0.4) is 0 Å². The predicted molar refractivity (Wildman–Crippen MR) is 108 cm³/mol. The van der Waals surface area contributed by atoms with Crippen LogP contribution in [-0.4, -0.2) is 33.0 Å². The van der Waals surface area contributed by atoms with Gasteiger partial charge in [-0.2, -0.15) is 0 Å². The zero-order valence-electron chi connectivity index (χ0n) is 15.4. The van der Waals surface area contributed by atoms with E-state index in [2.05, 4.69) is 33.9 Å². The van der Waals surface area contributed by atoms with Gasteiger partial charge in [-0.3, -0.25) is 4.90 Å². The number of hydrogen-bond donors (Lipinski definition) is 1. The number of rotatable bonds is 7. The van der Waals surface area contributed by atoms with Crippen molar-refractivity contribution in [2.24, 2.45) is 0 Å². The Kier molecular flexibility index (Phi) is 7.79. The largest absolute Gasteiger partial charge is 0.299 e. The van der Waals surface area contributed by atoms with Crippen molar-refractivity contribution >= 4 is 22.4 Å². The molecular weight excluding hydrogens is 387 g/mol. The SMILES string of the molecule is Cc1ccc(F)cc1S(=O)(=O)NCCCCN1CCc2ccccc2C1.Cl. The number of unbranched alkanes of at least 4 members (excludes halogenated alkanes) is 1. The zero-order valence-corrected chi connectivity index (χ0v) is 17.1. The minimum Gasteiger partial charge on any atom is -0.299 e. The van der Waals surface area contributed by atoms with E-state index in [-0.39, 0.29) is 17.3 Å². The molecule has 4 nitrogen and oxygen atoms in total. The summed E-state index contributed by atoms with van der Waals surface area (Å²) in [6.07, 6.45) is 2.75. The van der Waals surface area contributed by atoms with Gasteiger partial charge in [0.05, 0.1) is 4.90 Å². The summed E-state index contributed by atoms with van der Waals surface area (Å²) in [7, 11) is -3.66. The molecule has 1 N–H and O–H groups in total. The first-order chi connectivity index (χ1) is 12.5. The van der Waals surface area contributed by atoms with Crippen molar-refractivity contribution in [3.63, 3.8) is 0 Å². The van der Waals surface area contributed by atoms with Gasteiger partial charge >= 0.3 is 0 Å². The van der Waals surface area contributed by atoms with E-state index in [1.165, 1.54) is 23.3 Å². The van der Waals surface area contributed by atoms with Crippen molar-refractivity contribution in [3.8, 4) is 0 Å². The molecule has 1 aliphatic heterocycles. The molecule has 0 aromatic heterocycles. The van der Waals surface area contributed by atoms with Crippen LogP contribution in [0.25, 0.3) is 0 Å². The maximum absolute atomic E-state index is 13.3. The lowest BCUT2D eigenvalue weighted by Gasteiger charge is -2.28. The Balaban J connectivity index is 0.00000261. The summed E-state index contributed by atoms with van der Waals surface area (Å²) < 4.78 is 40.6. The van der Waals surface area contributed by atoms with E-state index in [1.807, 2.05) is 0 Å². The van der Waals surface area contributed by atoms with Crippen LogP contribution in [0.15, 0.2) is 47.4 Å². The van der Waals surface area contributed by atoms with E-state index in [0.717, 1.165) is 45.0 Å². The van der Waals surface area contributed by atoms with Crippen LogP contribution in [0.2, 0.25) is 0 Å². The fourth-order valence-corrected chi connectivity index (χ4v) is 4.68. The van der Waals surface area contributed by atoms with Crippen molar-refractivity contribution in [2.75, 3.05) is 19.6 Å². The molecule has 0 aliphatic carbocycles. The van der Waals surface area contributed by atoms with E-state index in [0.29, 0.717) is 12.1 Å². The second kappa shape index (κ2) is 9.64. The third kappa shape index (κ3) is 5.75. The van der Waals surface area contributed by atoms with Gasteiger partial charge in [-0.25, -0.2) is 17.5 Å². The van der Waals surface area contributed by atoms with Crippen molar-refractivity contribution in [1.29, 1.82) is 0 Å². The molecule has 0 amide bonds. The average Bonchev–Trinajstić information content (AvgIpc) is 2.63. The van der Waals surface area contributed by atoms with E-state index >= 15 is 0 Å². The van der Waals surface area contributed by atoms with Gasteiger partial charge in [0, 0.05) is 19.6 Å². The Morgan fingerprint density at radius 2 is 1.85 bits per heavy atom. The first-order valence-electron chi connectivity index (χ1n) is 9.01. The molecule has 0 bridgehead atoms. The average molecular weight is 413 g/mol.